The van der Waals surface area contributed by atoms with Crippen molar-refractivity contribution in [2.45, 2.75) is 6.04 Å². The molecule has 0 saturated heterocycles. The first-order chi connectivity index (χ1) is 16.4. The fourth-order valence-electron chi connectivity index (χ4n) is 3.87. The maximum absolute atomic E-state index is 12.9. The van der Waals surface area contributed by atoms with E-state index in [1.807, 2.05) is 73.6 Å². The zero-order valence-electron chi connectivity index (χ0n) is 19.9. The fraction of sp³-hybridized carbons (Fsp3) is 0.269. The molecule has 0 aliphatic heterocycles. The average molecular weight is 459 g/mol. The van der Waals surface area contributed by atoms with Gasteiger partial charge in [0.2, 0.25) is 5.91 Å². The lowest BCUT2D eigenvalue weighted by Crippen LogP contribution is -2.39. The van der Waals surface area contributed by atoms with Gasteiger partial charge in [-0.15, -0.1) is 0 Å². The topological polar surface area (TPSA) is 100 Å². The third-order valence-electron chi connectivity index (χ3n) is 5.89. The molecule has 0 fully saturated rings. The molecule has 8 nitrogen and oxygen atoms in total. The Hall–Kier alpha value is -3.75. The van der Waals surface area contributed by atoms with E-state index in [0.29, 0.717) is 12.2 Å². The first kappa shape index (κ1) is 23.4. The van der Waals surface area contributed by atoms with Gasteiger partial charge in [-0.25, -0.2) is 4.98 Å². The number of ether oxygens (including phenoxy) is 1. The van der Waals surface area contributed by atoms with E-state index in [4.69, 9.17) is 10.5 Å². The number of aromatic amines is 1. The maximum Gasteiger partial charge on any atom is 0.243 e. The van der Waals surface area contributed by atoms with E-state index < -0.39 is 6.04 Å². The van der Waals surface area contributed by atoms with Crippen molar-refractivity contribution in [2.75, 3.05) is 41.3 Å². The van der Waals surface area contributed by atoms with Gasteiger partial charge in [0, 0.05) is 42.8 Å². The molecule has 1 unspecified atom stereocenters. The van der Waals surface area contributed by atoms with Gasteiger partial charge in [0.1, 0.15) is 11.8 Å². The molecule has 2 aromatic carbocycles. The van der Waals surface area contributed by atoms with Gasteiger partial charge in [0.15, 0.2) is 5.65 Å². The van der Waals surface area contributed by atoms with Crippen LogP contribution in [0.5, 0.6) is 5.75 Å². The third kappa shape index (κ3) is 4.78. The van der Waals surface area contributed by atoms with Gasteiger partial charge < -0.3 is 20.3 Å². The summed E-state index contributed by atoms with van der Waals surface area (Å²) in [5.74, 6) is 0.643. The second-order valence-electron chi connectivity index (χ2n) is 8.56. The van der Waals surface area contributed by atoms with Crippen LogP contribution in [-0.4, -0.2) is 72.2 Å². The Labute approximate surface area is 199 Å². The lowest BCUT2D eigenvalue weighted by atomic mass is 9.99. The summed E-state index contributed by atoms with van der Waals surface area (Å²) in [4.78, 5) is 21.1. The number of para-hydroxylation sites is 1. The molecule has 176 valence electrons. The molecule has 4 rings (SSSR count). The quantitative estimate of drug-likeness (QED) is 0.420. The Bertz CT molecular complexity index is 1300. The lowest BCUT2D eigenvalue weighted by molar-refractivity contribution is -0.131. The number of methoxy groups -OCH3 is 1. The van der Waals surface area contributed by atoms with Crippen LogP contribution in [0.3, 0.4) is 0 Å². The predicted molar refractivity (Wildman–Crippen MR) is 134 cm³/mol. The number of nitrogens with one attached hydrogen (secondary N) is 1. The number of H-pyrrole nitrogens is 1. The summed E-state index contributed by atoms with van der Waals surface area (Å²) in [6, 6.07) is 16.8. The number of carbonyl (C=O) groups is 1. The summed E-state index contributed by atoms with van der Waals surface area (Å²) in [6.45, 7) is 1.39. The minimum atomic E-state index is -0.734. The molecule has 34 heavy (non-hydrogen) atoms. The van der Waals surface area contributed by atoms with E-state index in [1.165, 1.54) is 0 Å². The van der Waals surface area contributed by atoms with Crippen LogP contribution in [0.1, 0.15) is 11.6 Å². The number of nitrogens with zero attached hydrogens (tertiary/aromatic N) is 4. The first-order valence-electron chi connectivity index (χ1n) is 11.1. The normalized spacial score (nSPS) is 12.2. The minimum absolute atomic E-state index is 0.110. The molecular weight excluding hydrogens is 428 g/mol. The van der Waals surface area contributed by atoms with E-state index in [9.17, 15) is 4.79 Å². The summed E-state index contributed by atoms with van der Waals surface area (Å²) in [7, 11) is 7.39. The Morgan fingerprint density at radius 2 is 1.85 bits per heavy atom. The van der Waals surface area contributed by atoms with Crippen molar-refractivity contribution in [2.24, 2.45) is 5.73 Å². The highest BCUT2D eigenvalue weighted by molar-refractivity contribution is 5.94. The number of rotatable bonds is 8. The van der Waals surface area contributed by atoms with Gasteiger partial charge in [0.05, 0.1) is 12.8 Å². The maximum atomic E-state index is 12.9. The number of amides is 1. The number of fused-ring (bicyclic) bond motifs is 1. The zero-order valence-corrected chi connectivity index (χ0v) is 19.9. The molecule has 0 saturated carbocycles. The monoisotopic (exact) mass is 458 g/mol. The van der Waals surface area contributed by atoms with E-state index in [2.05, 4.69) is 15.2 Å². The molecule has 2 aromatic heterocycles. The predicted octanol–water partition coefficient (Wildman–Crippen LogP) is 3.32. The molecule has 3 N–H and O–H groups in total. The van der Waals surface area contributed by atoms with Crippen LogP contribution in [0.25, 0.3) is 33.4 Å². The van der Waals surface area contributed by atoms with Gasteiger partial charge in [-0.05, 0) is 49.5 Å². The molecular formula is C26H30N6O2. The number of nitrogens with two attached hydrogens (primary N) is 1. The molecule has 2 heterocycles. The second kappa shape index (κ2) is 10.0. The molecule has 0 aliphatic rings. The standard InChI is InChI=1S/C26H30N6O2/c1-31(2)12-13-32(3)26(33)23(27)18-9-7-8-17(14-18)19-15-21-24(29-30-25(21)28-16-19)20-10-5-6-11-22(20)34-4/h5-11,14-16,23H,12-13,27H2,1-4H3,(H,28,29,30). The van der Waals surface area contributed by atoms with Crippen LogP contribution in [0.2, 0.25) is 0 Å². The van der Waals surface area contributed by atoms with E-state index in [-0.39, 0.29) is 5.91 Å². The highest BCUT2D eigenvalue weighted by atomic mass is 16.5. The van der Waals surface area contributed by atoms with E-state index in [0.717, 1.165) is 45.6 Å². The highest BCUT2D eigenvalue weighted by Crippen LogP contribution is 2.34. The van der Waals surface area contributed by atoms with E-state index >= 15 is 0 Å². The number of likely N-dealkylation sites (N-methyl/N-ethyl adjacent to an activating group) is 2. The van der Waals surface area contributed by atoms with Crippen molar-refractivity contribution >= 4 is 16.9 Å². The number of aromatic nitrogens is 3. The molecule has 4 aromatic rings. The van der Waals surface area contributed by atoms with Gasteiger partial charge in [-0.1, -0.05) is 30.3 Å². The Morgan fingerprint density at radius 1 is 1.06 bits per heavy atom. The number of hydrogen-bond acceptors (Lipinski definition) is 6. The summed E-state index contributed by atoms with van der Waals surface area (Å²) in [6.07, 6.45) is 1.78. The summed E-state index contributed by atoms with van der Waals surface area (Å²) in [5.41, 5.74) is 11.3. The lowest BCUT2D eigenvalue weighted by Gasteiger charge is -2.23. The molecule has 0 radical (unpaired) electrons. The van der Waals surface area contributed by atoms with Gasteiger partial charge in [-0.2, -0.15) is 5.10 Å². The molecule has 0 bridgehead atoms. The zero-order chi connectivity index (χ0) is 24.2. The first-order valence-corrected chi connectivity index (χ1v) is 11.1. The van der Waals surface area contributed by atoms with Crippen molar-refractivity contribution in [3.8, 4) is 28.1 Å². The summed E-state index contributed by atoms with van der Waals surface area (Å²) in [5, 5.41) is 8.34. The SMILES string of the molecule is COc1ccccc1-c1[nH]nc2ncc(-c3cccc(C(N)C(=O)N(C)CCN(C)C)c3)cc12. The Balaban J connectivity index is 1.65. The molecule has 0 spiro atoms. The second-order valence-corrected chi connectivity index (χ2v) is 8.56. The van der Waals surface area contributed by atoms with Gasteiger partial charge in [-0.3, -0.25) is 9.89 Å². The minimum Gasteiger partial charge on any atom is -0.496 e. The van der Waals surface area contributed by atoms with Crippen LogP contribution >= 0.6 is 0 Å². The fourth-order valence-corrected chi connectivity index (χ4v) is 3.87. The Morgan fingerprint density at radius 3 is 2.62 bits per heavy atom. The van der Waals surface area contributed by atoms with Crippen LogP contribution in [-0.2, 0) is 4.79 Å². The third-order valence-corrected chi connectivity index (χ3v) is 5.89. The molecule has 1 atom stereocenters. The number of benzene rings is 2. The van der Waals surface area contributed by atoms with Crippen molar-refractivity contribution < 1.29 is 9.53 Å². The van der Waals surface area contributed by atoms with Gasteiger partial charge >= 0.3 is 0 Å². The van der Waals surface area contributed by atoms with Gasteiger partial charge in [0.25, 0.3) is 0 Å². The van der Waals surface area contributed by atoms with Crippen LogP contribution in [0, 0.1) is 0 Å². The number of carbonyl (C=O) groups excluding carboxylic acids is 1. The molecule has 0 aliphatic carbocycles. The van der Waals surface area contributed by atoms with Crippen molar-refractivity contribution in [1.82, 2.24) is 25.0 Å². The van der Waals surface area contributed by atoms with Crippen LogP contribution in [0.4, 0.5) is 0 Å². The van der Waals surface area contributed by atoms with Crippen LogP contribution in [0.15, 0.2) is 60.8 Å². The number of pyridine rings is 1. The number of hydrogen-bond donors (Lipinski definition) is 2. The largest absolute Gasteiger partial charge is 0.496 e. The van der Waals surface area contributed by atoms with Crippen molar-refractivity contribution in [3.05, 3.63) is 66.4 Å². The van der Waals surface area contributed by atoms with Crippen LogP contribution < -0.4 is 10.5 Å². The molecule has 8 heteroatoms. The average Bonchev–Trinajstić information content (AvgIpc) is 3.29. The Kier molecular flexibility index (Phi) is 6.90. The van der Waals surface area contributed by atoms with Crippen molar-refractivity contribution in [3.63, 3.8) is 0 Å². The van der Waals surface area contributed by atoms with E-state index in [1.54, 1.807) is 25.3 Å². The molecule has 1 amide bonds. The summed E-state index contributed by atoms with van der Waals surface area (Å²) < 4.78 is 5.53. The van der Waals surface area contributed by atoms with Crippen molar-refractivity contribution in [1.29, 1.82) is 0 Å². The highest BCUT2D eigenvalue weighted by Gasteiger charge is 2.21. The summed E-state index contributed by atoms with van der Waals surface area (Å²) >= 11 is 0. The smallest absolute Gasteiger partial charge is 0.243 e.